The van der Waals surface area contributed by atoms with Crippen molar-refractivity contribution in [3.63, 3.8) is 0 Å². The minimum absolute atomic E-state index is 0.211. The molecule has 12 rings (SSSR count). The van der Waals surface area contributed by atoms with Crippen LogP contribution in [0.1, 0.15) is 38.2 Å². The number of alkyl halides is 39. The number of ether oxygens (including phenoxy) is 6. The van der Waals surface area contributed by atoms with E-state index in [9.17, 15) is 173 Å². The van der Waals surface area contributed by atoms with Gasteiger partial charge in [-0.1, -0.05) is 9.37 Å². The minimum atomic E-state index is -7.06. The number of hydrazine groups is 2. The predicted octanol–water partition coefficient (Wildman–Crippen LogP) is 15.8. The first-order valence-electron chi connectivity index (χ1n) is 28.4. The van der Waals surface area contributed by atoms with Crippen molar-refractivity contribution < 1.29 is 219 Å². The predicted molar refractivity (Wildman–Crippen MR) is 282 cm³/mol. The second-order valence-corrected chi connectivity index (χ2v) is 24.0. The molecule has 0 saturated heterocycles. The number of carboxylic acids is 1. The molecule has 18 nitrogen and oxygen atoms in total. The number of halogens is 39. The maximum absolute atomic E-state index is 16.2. The standard InChI is InChI=1S/C54H17F39N10O8S/c55-42(56,57)26-25-24(17(112-26)7-10(8-94)35(104)105)29-97-33-22-15(110-40(51(82,83)84)52(85,86)87)5-3-13(108-38(47(70,71)72)48(73,74)75)20(22)31-95-27-18-11(106-36(43(58,59)60)44(61,62)63)1-2-12(107-37(45(64,65)66)46(67,68)69)19(18)28-96-32-21-14(109-39(49(76,77)78)50(79,80)81)4-6-16(111-41(53(88,89)90)54(91,92)93)23(21)34(103(32)99-102(31)33)98-30(25)101(29)9-100(27)28/h1-7,31,36-41,99H,9H2/p+2. The van der Waals surface area contributed by atoms with E-state index in [1.165, 1.54) is 0 Å². The summed E-state index contributed by atoms with van der Waals surface area (Å²) >= 11 is -0.967. The lowest BCUT2D eigenvalue weighted by Gasteiger charge is -2.27. The SMILES string of the molecule is N#CC(=Cc1sc(C(F)(F)F)c2c3n4c(c12)=NC1=[N+]2N[N+]5=C(N=3)c3c(OC(C(F)(F)F)C(F)(F)F)ccc(OC(C(F)(F)F)C(F)(F)F)c3C5=Nc3c5c(OC(C(F)(F)F)C(F)(F)F)ccc(OC(C(F)(F)F)C(F)(F)F)c5c(n3C4)NC2c2c(OC(C(F)(F)F)C(F)(F)F)ccc(OC(C(F)(F)F)C(F)(F)F)c21)C(=O)O. The molecule has 1 unspecified atom stereocenters. The molecule has 0 radical (unpaired) electrons. The Morgan fingerprint density at radius 2 is 0.812 bits per heavy atom. The third-order valence-corrected chi connectivity index (χ3v) is 16.7. The molecule has 112 heavy (non-hydrogen) atoms. The second-order valence-electron chi connectivity index (χ2n) is 23.0. The van der Waals surface area contributed by atoms with Gasteiger partial charge in [0.15, 0.2) is 11.3 Å². The van der Waals surface area contributed by atoms with Gasteiger partial charge in [-0.15, -0.1) is 11.3 Å². The van der Waals surface area contributed by atoms with Crippen molar-refractivity contribution in [1.29, 1.82) is 5.26 Å². The Labute approximate surface area is 587 Å². The summed E-state index contributed by atoms with van der Waals surface area (Å²) in [4.78, 5) is 19.7. The highest BCUT2D eigenvalue weighted by Crippen LogP contribution is 2.56. The van der Waals surface area contributed by atoms with E-state index in [-0.39, 0.29) is 10.6 Å². The van der Waals surface area contributed by atoms with Gasteiger partial charge in [-0.3, -0.25) is 9.13 Å². The zero-order valence-electron chi connectivity index (χ0n) is 51.3. The van der Waals surface area contributed by atoms with Crippen molar-refractivity contribution in [3.05, 3.63) is 85.0 Å². The largest absolute Gasteiger partial charge is 0.477 e. The van der Waals surface area contributed by atoms with E-state index in [1.54, 1.807) is 10.9 Å². The summed E-state index contributed by atoms with van der Waals surface area (Å²) in [6, 6.07) is -2.83. The Hall–Kier alpha value is -10.6. The van der Waals surface area contributed by atoms with Gasteiger partial charge in [-0.05, 0) is 48.0 Å². The third kappa shape index (κ3) is 14.6. The monoisotopic (exact) mass is 1710 g/mol. The van der Waals surface area contributed by atoms with E-state index < -0.39 is 331 Å². The van der Waals surface area contributed by atoms with Crippen LogP contribution in [0.4, 0.5) is 183 Å². The zero-order valence-corrected chi connectivity index (χ0v) is 52.1. The Kier molecular flexibility index (Phi) is 18.9. The second kappa shape index (κ2) is 25.7. The summed E-state index contributed by atoms with van der Waals surface area (Å²) in [5.41, 5.74) is -14.0. The molecule has 0 aliphatic carbocycles. The lowest BCUT2D eigenvalue weighted by molar-refractivity contribution is -0.786. The molecule has 58 heteroatoms. The molecule has 610 valence electrons. The van der Waals surface area contributed by atoms with Crippen molar-refractivity contribution in [3.8, 4) is 40.6 Å². The fourth-order valence-corrected chi connectivity index (χ4v) is 12.5. The van der Waals surface area contributed by atoms with Crippen LogP contribution in [0, 0.1) is 11.3 Å². The highest BCUT2D eigenvalue weighted by molar-refractivity contribution is 7.14. The lowest BCUT2D eigenvalue weighted by Crippen LogP contribution is -2.49. The van der Waals surface area contributed by atoms with Crippen molar-refractivity contribution >= 4 is 74.1 Å². The molecule has 6 aromatic rings. The highest BCUT2D eigenvalue weighted by Gasteiger charge is 2.67. The average Bonchev–Trinajstić information content (AvgIpc) is 1.52. The number of nitriles is 1. The van der Waals surface area contributed by atoms with E-state index in [4.69, 9.17) is 0 Å². The molecule has 9 heterocycles. The number of nitrogens with one attached hydrogen (secondary N) is 2. The molecular formula is C54H19F39N10O8S+2. The number of aromatic nitrogens is 2. The van der Waals surface area contributed by atoms with Crippen LogP contribution in [0.5, 0.6) is 34.5 Å². The number of rotatable bonds is 14. The molecule has 3 aromatic heterocycles. The summed E-state index contributed by atoms with van der Waals surface area (Å²) < 4.78 is 607. The summed E-state index contributed by atoms with van der Waals surface area (Å²) in [5, 5.41) is 12.9. The maximum atomic E-state index is 16.2. The Morgan fingerprint density at radius 1 is 0.464 bits per heavy atom. The molecule has 0 spiro atoms. The molecular weight excluding hydrogens is 1690 g/mol. The summed E-state index contributed by atoms with van der Waals surface area (Å²) in [6.07, 6.45) is -128. The molecule has 0 amide bonds. The summed E-state index contributed by atoms with van der Waals surface area (Å²) in [7, 11) is 0. The van der Waals surface area contributed by atoms with Gasteiger partial charge >= 0.3 is 92.1 Å². The van der Waals surface area contributed by atoms with Gasteiger partial charge in [0.05, 0.1) is 27.1 Å². The lowest BCUT2D eigenvalue weighted by atomic mass is 10.0. The highest BCUT2D eigenvalue weighted by atomic mass is 32.1. The number of benzene rings is 3. The number of fused-ring (bicyclic) bond motifs is 4. The number of aliphatic imine (C=N–C) groups is 1. The number of thiophene rings is 1. The number of hydrogen-bond acceptors (Lipinski definition) is 14. The number of nitrogens with zero attached hydrogens (tertiary/aromatic N) is 8. The van der Waals surface area contributed by atoms with Crippen LogP contribution < -0.4 is 50.2 Å². The number of carboxylic acid groups (broad SMARTS) is 1. The number of hydrazone groups is 2. The molecule has 6 aliphatic rings. The van der Waals surface area contributed by atoms with E-state index in [0.29, 0.717) is 0 Å². The number of aliphatic carboxylic acids is 1. The van der Waals surface area contributed by atoms with Crippen LogP contribution in [0.2, 0.25) is 0 Å². The first kappa shape index (κ1) is 82.4. The van der Waals surface area contributed by atoms with Crippen LogP contribution in [0.3, 0.4) is 0 Å². The van der Waals surface area contributed by atoms with Crippen molar-refractivity contribution in [2.24, 2.45) is 15.0 Å². The van der Waals surface area contributed by atoms with Crippen LogP contribution in [0.15, 0.2) is 56.9 Å². The molecule has 0 saturated carbocycles. The van der Waals surface area contributed by atoms with Gasteiger partial charge < -0.3 is 38.8 Å². The first-order valence-corrected chi connectivity index (χ1v) is 29.2. The molecule has 6 aliphatic heterocycles. The Morgan fingerprint density at radius 3 is 1.21 bits per heavy atom. The number of carbonyl (C=O) groups is 1. The van der Waals surface area contributed by atoms with E-state index in [2.05, 4.69) is 43.4 Å². The Balaban J connectivity index is 1.54. The quantitative estimate of drug-likeness (QED) is 0.0407. The summed E-state index contributed by atoms with van der Waals surface area (Å²) in [6.45, 7) is -2.44. The smallest absolute Gasteiger partial charge is 0.434 e. The van der Waals surface area contributed by atoms with E-state index in [1.807, 2.05) is 0 Å². The van der Waals surface area contributed by atoms with Crippen LogP contribution in [0.25, 0.3) is 27.6 Å². The van der Waals surface area contributed by atoms with Gasteiger partial charge in [0.1, 0.15) is 80.2 Å². The van der Waals surface area contributed by atoms with Gasteiger partial charge in [-0.2, -0.15) is 186 Å². The van der Waals surface area contributed by atoms with Crippen molar-refractivity contribution in [2.75, 3.05) is 5.32 Å². The van der Waals surface area contributed by atoms with E-state index in [0.717, 1.165) is 6.07 Å². The normalized spacial score (nSPS) is 16.7. The van der Waals surface area contributed by atoms with Crippen LogP contribution in [-0.4, -0.2) is 158 Å². The molecule has 0 fully saturated rings. The van der Waals surface area contributed by atoms with Crippen LogP contribution in [-0.2, 0) is 17.6 Å². The minimum Gasteiger partial charge on any atom is -0.477 e. The Bertz CT molecular complexity index is 5110. The number of amidine groups is 3. The molecule has 3 N–H and O–H groups in total. The molecule has 1 atom stereocenters. The van der Waals surface area contributed by atoms with Gasteiger partial charge in [-0.25, -0.2) is 4.79 Å². The zero-order chi connectivity index (χ0) is 84.1. The third-order valence-electron chi connectivity index (χ3n) is 15.5. The van der Waals surface area contributed by atoms with Gasteiger partial charge in [0.25, 0.3) is 59.9 Å². The molecule has 3 aromatic carbocycles. The van der Waals surface area contributed by atoms with Gasteiger partial charge in [0, 0.05) is 9.87 Å². The topological polar surface area (TPSA) is 193 Å². The first-order chi connectivity index (χ1) is 50.6. The van der Waals surface area contributed by atoms with Crippen molar-refractivity contribution in [2.45, 2.75) is 130 Å². The average molecular weight is 1710 g/mol. The fraction of sp³-hybridized carbons (Fsp3) is 0.389. The number of anilines is 1. The van der Waals surface area contributed by atoms with Gasteiger partial charge in [0.2, 0.25) is 0 Å². The van der Waals surface area contributed by atoms with Crippen LogP contribution >= 0.6 is 11.3 Å². The number of hydrogen-bond donors (Lipinski definition) is 3. The maximum Gasteiger partial charge on any atom is 0.434 e. The van der Waals surface area contributed by atoms with Crippen molar-refractivity contribution in [1.82, 2.24) is 14.7 Å². The van der Waals surface area contributed by atoms with E-state index >= 15 is 13.2 Å². The fourth-order valence-electron chi connectivity index (χ4n) is 11.4. The molecule has 12 bridgehead atoms. The summed E-state index contributed by atoms with van der Waals surface area (Å²) in [5.74, 6) is -29.6.